The maximum atomic E-state index is 9.54. The van der Waals surface area contributed by atoms with Gasteiger partial charge in [0, 0.05) is 13.1 Å². The van der Waals surface area contributed by atoms with E-state index in [1.54, 1.807) is 21.0 Å². The molecule has 4 heteroatoms. The summed E-state index contributed by atoms with van der Waals surface area (Å²) in [5.41, 5.74) is 0.473. The summed E-state index contributed by atoms with van der Waals surface area (Å²) in [4.78, 5) is 0. The van der Waals surface area contributed by atoms with Crippen LogP contribution in [0.4, 0.5) is 0 Å². The van der Waals surface area contributed by atoms with Gasteiger partial charge in [-0.05, 0) is 47.5 Å². The lowest BCUT2D eigenvalue weighted by Crippen LogP contribution is -2.34. The van der Waals surface area contributed by atoms with Crippen LogP contribution in [0.25, 0.3) is 0 Å². The molecule has 1 rings (SSSR count). The number of rotatable bonds is 5. The number of ether oxygens (including phenoxy) is 1. The molecule has 3 nitrogen and oxygen atoms in total. The van der Waals surface area contributed by atoms with E-state index in [1.807, 2.05) is 18.2 Å². The van der Waals surface area contributed by atoms with Crippen LogP contribution in [0.5, 0.6) is 5.75 Å². The fraction of sp³-hybridized carbons (Fsp3) is 0.500. The van der Waals surface area contributed by atoms with Crippen LogP contribution >= 0.6 is 15.9 Å². The summed E-state index contributed by atoms with van der Waals surface area (Å²) in [5, 5.41) is 12.7. The molecule has 0 saturated heterocycles. The van der Waals surface area contributed by atoms with Crippen molar-refractivity contribution in [3.05, 3.63) is 28.2 Å². The Bertz CT molecular complexity index is 347. The number of benzene rings is 1. The Kier molecular flexibility index (Phi) is 4.77. The van der Waals surface area contributed by atoms with Gasteiger partial charge in [-0.15, -0.1) is 0 Å². The zero-order valence-electron chi connectivity index (χ0n) is 9.88. The lowest BCUT2D eigenvalue weighted by Gasteiger charge is -2.17. The topological polar surface area (TPSA) is 41.5 Å². The molecule has 0 unspecified atom stereocenters. The summed E-state index contributed by atoms with van der Waals surface area (Å²) in [7, 11) is 1.65. The maximum Gasteiger partial charge on any atom is 0.133 e. The molecule has 0 bridgehead atoms. The van der Waals surface area contributed by atoms with E-state index in [1.165, 1.54) is 0 Å². The molecule has 0 amide bonds. The number of methoxy groups -OCH3 is 1. The van der Waals surface area contributed by atoms with E-state index >= 15 is 0 Å². The number of aliphatic hydroxyl groups is 1. The molecule has 0 saturated carbocycles. The summed E-state index contributed by atoms with van der Waals surface area (Å²) in [5.74, 6) is 0.825. The molecule has 90 valence electrons. The minimum Gasteiger partial charge on any atom is -0.496 e. The van der Waals surface area contributed by atoms with E-state index in [9.17, 15) is 5.11 Å². The predicted octanol–water partition coefficient (Wildman–Crippen LogP) is 2.32. The number of hydrogen-bond donors (Lipinski definition) is 2. The first-order chi connectivity index (χ1) is 7.42. The molecule has 0 fully saturated rings. The quantitative estimate of drug-likeness (QED) is 0.873. The van der Waals surface area contributed by atoms with Gasteiger partial charge in [-0.25, -0.2) is 0 Å². The second-order valence-corrected chi connectivity index (χ2v) is 5.24. The van der Waals surface area contributed by atoms with Crippen LogP contribution in [0.2, 0.25) is 0 Å². The predicted molar refractivity (Wildman–Crippen MR) is 68.7 cm³/mol. The van der Waals surface area contributed by atoms with Crippen molar-refractivity contribution in [2.45, 2.75) is 26.0 Å². The van der Waals surface area contributed by atoms with E-state index in [2.05, 4.69) is 21.2 Å². The van der Waals surface area contributed by atoms with Crippen LogP contribution in [0.1, 0.15) is 19.4 Å². The third-order valence-electron chi connectivity index (χ3n) is 2.10. The van der Waals surface area contributed by atoms with Crippen molar-refractivity contribution < 1.29 is 9.84 Å². The Balaban J connectivity index is 2.52. The molecule has 0 aliphatic rings. The first-order valence-corrected chi connectivity index (χ1v) is 5.97. The minimum atomic E-state index is -0.677. The fourth-order valence-corrected chi connectivity index (χ4v) is 1.92. The molecule has 0 spiro atoms. The summed E-state index contributed by atoms with van der Waals surface area (Å²) in [6.45, 7) is 4.86. The highest BCUT2D eigenvalue weighted by molar-refractivity contribution is 9.10. The van der Waals surface area contributed by atoms with Gasteiger partial charge < -0.3 is 15.2 Å². The maximum absolute atomic E-state index is 9.54. The van der Waals surface area contributed by atoms with Crippen LogP contribution in [-0.4, -0.2) is 24.4 Å². The number of halogens is 1. The molecule has 2 N–H and O–H groups in total. The van der Waals surface area contributed by atoms with Gasteiger partial charge in [0.2, 0.25) is 0 Å². The van der Waals surface area contributed by atoms with E-state index < -0.39 is 5.60 Å². The van der Waals surface area contributed by atoms with Gasteiger partial charge >= 0.3 is 0 Å². The van der Waals surface area contributed by atoms with Gasteiger partial charge in [-0.2, -0.15) is 0 Å². The Labute approximate surface area is 105 Å². The van der Waals surface area contributed by atoms with Crippen molar-refractivity contribution in [3.63, 3.8) is 0 Å². The fourth-order valence-electron chi connectivity index (χ4n) is 1.33. The van der Waals surface area contributed by atoms with E-state index in [4.69, 9.17) is 4.74 Å². The van der Waals surface area contributed by atoms with Gasteiger partial charge in [0.1, 0.15) is 5.75 Å². The molecular weight excluding hydrogens is 270 g/mol. The van der Waals surface area contributed by atoms with E-state index in [0.717, 1.165) is 22.3 Å². The molecule has 0 heterocycles. The molecule has 0 aliphatic carbocycles. The zero-order chi connectivity index (χ0) is 12.2. The normalized spacial score (nSPS) is 11.6. The van der Waals surface area contributed by atoms with E-state index in [-0.39, 0.29) is 0 Å². The van der Waals surface area contributed by atoms with Gasteiger partial charge in [0.25, 0.3) is 0 Å². The highest BCUT2D eigenvalue weighted by Crippen LogP contribution is 2.25. The summed E-state index contributed by atoms with van der Waals surface area (Å²) < 4.78 is 6.09. The first kappa shape index (κ1) is 13.5. The van der Waals surface area contributed by atoms with Crippen LogP contribution in [0, 0.1) is 0 Å². The third kappa shape index (κ3) is 4.51. The van der Waals surface area contributed by atoms with Crippen LogP contribution in [0.15, 0.2) is 22.7 Å². The SMILES string of the molecule is COc1ccc(CNCC(C)(C)O)cc1Br. The molecule has 0 atom stereocenters. The molecule has 0 radical (unpaired) electrons. The molecule has 1 aromatic rings. The standard InChI is InChI=1S/C12H18BrNO2/c1-12(2,15)8-14-7-9-4-5-11(16-3)10(13)6-9/h4-6,14-15H,7-8H2,1-3H3. The number of nitrogens with one attached hydrogen (secondary N) is 1. The molecular formula is C12H18BrNO2. The Morgan fingerprint density at radius 2 is 2.12 bits per heavy atom. The lowest BCUT2D eigenvalue weighted by molar-refractivity contribution is 0.0795. The summed E-state index contributed by atoms with van der Waals surface area (Å²) in [6.07, 6.45) is 0. The van der Waals surface area contributed by atoms with Crippen molar-refractivity contribution in [1.82, 2.24) is 5.32 Å². The number of hydrogen-bond acceptors (Lipinski definition) is 3. The lowest BCUT2D eigenvalue weighted by atomic mass is 10.1. The zero-order valence-corrected chi connectivity index (χ0v) is 11.5. The van der Waals surface area contributed by atoms with Crippen molar-refractivity contribution in [1.29, 1.82) is 0 Å². The second-order valence-electron chi connectivity index (χ2n) is 4.38. The average molecular weight is 288 g/mol. The molecule has 0 aliphatic heterocycles. The van der Waals surface area contributed by atoms with Crippen molar-refractivity contribution >= 4 is 15.9 Å². The Hall–Kier alpha value is -0.580. The molecule has 1 aromatic carbocycles. The van der Waals surface area contributed by atoms with Gasteiger partial charge in [-0.3, -0.25) is 0 Å². The Morgan fingerprint density at radius 1 is 1.44 bits per heavy atom. The largest absolute Gasteiger partial charge is 0.496 e. The monoisotopic (exact) mass is 287 g/mol. The second kappa shape index (κ2) is 5.66. The molecule has 16 heavy (non-hydrogen) atoms. The van der Waals surface area contributed by atoms with Crippen molar-refractivity contribution in [2.24, 2.45) is 0 Å². The van der Waals surface area contributed by atoms with Crippen molar-refractivity contribution in [3.8, 4) is 5.75 Å². The minimum absolute atomic E-state index is 0.566. The molecule has 0 aromatic heterocycles. The van der Waals surface area contributed by atoms with E-state index in [0.29, 0.717) is 6.54 Å². The van der Waals surface area contributed by atoms with Crippen molar-refractivity contribution in [2.75, 3.05) is 13.7 Å². The summed E-state index contributed by atoms with van der Waals surface area (Å²) in [6, 6.07) is 5.93. The summed E-state index contributed by atoms with van der Waals surface area (Å²) >= 11 is 3.44. The highest BCUT2D eigenvalue weighted by atomic mass is 79.9. The highest BCUT2D eigenvalue weighted by Gasteiger charge is 2.11. The van der Waals surface area contributed by atoms with Crippen LogP contribution in [-0.2, 0) is 6.54 Å². The third-order valence-corrected chi connectivity index (χ3v) is 2.72. The average Bonchev–Trinajstić information content (AvgIpc) is 2.16. The van der Waals surface area contributed by atoms with Gasteiger partial charge in [-0.1, -0.05) is 6.07 Å². The van der Waals surface area contributed by atoms with Gasteiger partial charge in [0.05, 0.1) is 17.2 Å². The first-order valence-electron chi connectivity index (χ1n) is 5.18. The van der Waals surface area contributed by atoms with Crippen LogP contribution < -0.4 is 10.1 Å². The smallest absolute Gasteiger partial charge is 0.133 e. The Morgan fingerprint density at radius 3 is 2.62 bits per heavy atom. The van der Waals surface area contributed by atoms with Crippen LogP contribution in [0.3, 0.4) is 0 Å². The van der Waals surface area contributed by atoms with Gasteiger partial charge in [0.15, 0.2) is 0 Å².